The summed E-state index contributed by atoms with van der Waals surface area (Å²) in [6, 6.07) is 0. The van der Waals surface area contributed by atoms with Gasteiger partial charge in [-0.1, -0.05) is 244 Å². The maximum absolute atomic E-state index is 12.9. The quantitative estimate of drug-likeness (QED) is 0.0261. The van der Waals surface area contributed by atoms with E-state index in [1.54, 1.807) is 0 Å². The van der Waals surface area contributed by atoms with Crippen LogP contribution in [-0.4, -0.2) is 37.2 Å². The molecule has 0 amide bonds. The third-order valence-electron chi connectivity index (χ3n) is 12.3. The fourth-order valence-corrected chi connectivity index (χ4v) is 7.83. The van der Waals surface area contributed by atoms with E-state index in [0.717, 1.165) is 161 Å². The van der Waals surface area contributed by atoms with E-state index < -0.39 is 6.10 Å². The van der Waals surface area contributed by atoms with Crippen LogP contribution in [0.4, 0.5) is 0 Å². The predicted octanol–water partition coefficient (Wildman–Crippen LogP) is 20.8. The monoisotopic (exact) mass is 1030 g/mol. The molecule has 0 bridgehead atoms. The van der Waals surface area contributed by atoms with Gasteiger partial charge in [-0.05, 0) is 135 Å². The summed E-state index contributed by atoms with van der Waals surface area (Å²) in [6.45, 7) is 6.30. The van der Waals surface area contributed by atoms with E-state index in [2.05, 4.69) is 167 Å². The minimum Gasteiger partial charge on any atom is -0.462 e. The van der Waals surface area contributed by atoms with Crippen molar-refractivity contribution in [2.24, 2.45) is 0 Å². The first kappa shape index (κ1) is 70.3. The number of carbonyl (C=O) groups excluding carboxylic acids is 3. The normalized spacial score (nSPS) is 13.2. The Labute approximate surface area is 461 Å². The second-order valence-electron chi connectivity index (χ2n) is 19.5. The summed E-state index contributed by atoms with van der Waals surface area (Å²) in [5.41, 5.74) is 0. The summed E-state index contributed by atoms with van der Waals surface area (Å²) in [5, 5.41) is 0. The largest absolute Gasteiger partial charge is 0.462 e. The zero-order valence-electron chi connectivity index (χ0n) is 48.3. The molecular formula is C69H110O6. The van der Waals surface area contributed by atoms with Crippen LogP contribution in [0.1, 0.15) is 252 Å². The van der Waals surface area contributed by atoms with Gasteiger partial charge in [-0.15, -0.1) is 0 Å². The number of hydrogen-bond donors (Lipinski definition) is 0. The van der Waals surface area contributed by atoms with Gasteiger partial charge in [0.2, 0.25) is 0 Å². The Morgan fingerprint density at radius 1 is 0.280 bits per heavy atom. The molecule has 0 aliphatic heterocycles. The van der Waals surface area contributed by atoms with Crippen LogP contribution in [0.3, 0.4) is 0 Å². The topological polar surface area (TPSA) is 78.9 Å². The molecule has 0 saturated carbocycles. The molecule has 0 aromatic carbocycles. The molecule has 422 valence electrons. The number of hydrogen-bond acceptors (Lipinski definition) is 6. The number of rotatable bonds is 53. The molecule has 0 aliphatic carbocycles. The van der Waals surface area contributed by atoms with E-state index in [4.69, 9.17) is 14.2 Å². The van der Waals surface area contributed by atoms with Gasteiger partial charge in [-0.25, -0.2) is 0 Å². The van der Waals surface area contributed by atoms with Gasteiger partial charge in [0.1, 0.15) is 13.2 Å². The highest BCUT2D eigenvalue weighted by atomic mass is 16.6. The van der Waals surface area contributed by atoms with Crippen LogP contribution in [0.5, 0.6) is 0 Å². The Balaban J connectivity index is 4.43. The molecule has 0 aromatic heterocycles. The average molecular weight is 1040 g/mol. The van der Waals surface area contributed by atoms with Gasteiger partial charge in [0.15, 0.2) is 6.10 Å². The standard InChI is InChI=1S/C69H110O6/c1-4-7-10-13-16-19-22-25-27-29-31-32-33-34-35-36-38-39-41-44-47-50-53-56-59-62-68(71)74-65-66(64-73-67(70)61-58-55-52-49-46-43-24-21-18-15-12-9-6-3)75-69(72)63-60-57-54-51-48-45-42-40-37-30-28-26-23-20-17-14-11-8-5-2/h7-8,10-12,15-17,19-21,24-28,31-32,34-35,37,40,45,48,66H,4-6,9,13-14,18,22-23,29-30,33,36,38-39,41-44,46-47,49-65H2,1-3H3/b10-7-,11-8-,15-12-,19-16-,20-17-,24-21-,27-25-,28-26-,32-31-,35-34-,40-37-,48-45-. The molecule has 0 aromatic rings. The van der Waals surface area contributed by atoms with E-state index >= 15 is 0 Å². The van der Waals surface area contributed by atoms with Crippen molar-refractivity contribution in [3.05, 3.63) is 146 Å². The third kappa shape index (κ3) is 60.0. The summed E-state index contributed by atoms with van der Waals surface area (Å²) >= 11 is 0. The van der Waals surface area contributed by atoms with Crippen molar-refractivity contribution in [3.8, 4) is 0 Å². The van der Waals surface area contributed by atoms with Crippen LogP contribution >= 0.6 is 0 Å². The smallest absolute Gasteiger partial charge is 0.306 e. The molecule has 0 aliphatic rings. The number of unbranched alkanes of at least 4 members (excludes halogenated alkanes) is 18. The van der Waals surface area contributed by atoms with Crippen LogP contribution in [0, 0.1) is 0 Å². The Bertz CT molecular complexity index is 1660. The summed E-state index contributed by atoms with van der Waals surface area (Å²) in [5.74, 6) is -0.961. The van der Waals surface area contributed by atoms with Crippen LogP contribution in [0.15, 0.2) is 146 Å². The second kappa shape index (κ2) is 61.8. The Morgan fingerprint density at radius 3 is 0.827 bits per heavy atom. The van der Waals surface area contributed by atoms with E-state index in [-0.39, 0.29) is 37.5 Å². The molecular weight excluding hydrogens is 925 g/mol. The number of ether oxygens (including phenoxy) is 3. The molecule has 6 nitrogen and oxygen atoms in total. The van der Waals surface area contributed by atoms with E-state index in [9.17, 15) is 14.4 Å². The number of carbonyl (C=O) groups is 3. The van der Waals surface area contributed by atoms with Crippen molar-refractivity contribution in [2.45, 2.75) is 258 Å². The predicted molar refractivity (Wildman–Crippen MR) is 325 cm³/mol. The van der Waals surface area contributed by atoms with Gasteiger partial charge in [-0.2, -0.15) is 0 Å². The van der Waals surface area contributed by atoms with Gasteiger partial charge in [0.25, 0.3) is 0 Å². The Morgan fingerprint density at radius 2 is 0.520 bits per heavy atom. The third-order valence-corrected chi connectivity index (χ3v) is 12.3. The maximum Gasteiger partial charge on any atom is 0.306 e. The first-order chi connectivity index (χ1) is 37.0. The Kier molecular flexibility index (Phi) is 58.0. The minimum atomic E-state index is -0.811. The highest BCUT2D eigenvalue weighted by Crippen LogP contribution is 2.14. The molecule has 0 fully saturated rings. The van der Waals surface area contributed by atoms with Crippen LogP contribution < -0.4 is 0 Å². The first-order valence-electron chi connectivity index (χ1n) is 30.3. The van der Waals surface area contributed by atoms with Crippen molar-refractivity contribution in [3.63, 3.8) is 0 Å². The van der Waals surface area contributed by atoms with Gasteiger partial charge < -0.3 is 14.2 Å². The zero-order valence-corrected chi connectivity index (χ0v) is 48.3. The molecule has 0 radical (unpaired) electrons. The fraction of sp³-hybridized carbons (Fsp3) is 0.609. The van der Waals surface area contributed by atoms with E-state index in [1.807, 2.05) is 0 Å². The lowest BCUT2D eigenvalue weighted by molar-refractivity contribution is -0.167. The van der Waals surface area contributed by atoms with Crippen LogP contribution in [0.2, 0.25) is 0 Å². The molecule has 75 heavy (non-hydrogen) atoms. The maximum atomic E-state index is 12.9. The number of allylic oxidation sites excluding steroid dienone is 24. The van der Waals surface area contributed by atoms with Gasteiger partial charge in [0.05, 0.1) is 0 Å². The van der Waals surface area contributed by atoms with Crippen molar-refractivity contribution < 1.29 is 28.6 Å². The highest BCUT2D eigenvalue weighted by molar-refractivity contribution is 5.71. The van der Waals surface area contributed by atoms with Crippen molar-refractivity contribution in [2.75, 3.05) is 13.2 Å². The molecule has 0 heterocycles. The second-order valence-corrected chi connectivity index (χ2v) is 19.5. The lowest BCUT2D eigenvalue weighted by Crippen LogP contribution is -2.30. The van der Waals surface area contributed by atoms with E-state index in [1.165, 1.54) is 44.9 Å². The lowest BCUT2D eigenvalue weighted by atomic mass is 10.1. The van der Waals surface area contributed by atoms with Crippen molar-refractivity contribution in [1.29, 1.82) is 0 Å². The average Bonchev–Trinajstić information content (AvgIpc) is 3.41. The van der Waals surface area contributed by atoms with E-state index in [0.29, 0.717) is 19.3 Å². The molecule has 0 saturated heterocycles. The van der Waals surface area contributed by atoms with Crippen molar-refractivity contribution in [1.82, 2.24) is 0 Å². The molecule has 0 rings (SSSR count). The van der Waals surface area contributed by atoms with Crippen molar-refractivity contribution >= 4 is 17.9 Å². The molecule has 1 unspecified atom stereocenters. The fourth-order valence-electron chi connectivity index (χ4n) is 7.83. The summed E-state index contributed by atoms with van der Waals surface area (Å²) < 4.78 is 16.8. The van der Waals surface area contributed by atoms with Gasteiger partial charge in [0, 0.05) is 19.3 Å². The molecule has 0 N–H and O–H groups in total. The summed E-state index contributed by atoms with van der Waals surface area (Å²) in [6.07, 6.45) is 88.4. The summed E-state index contributed by atoms with van der Waals surface area (Å²) in [4.78, 5) is 38.2. The summed E-state index contributed by atoms with van der Waals surface area (Å²) in [7, 11) is 0. The first-order valence-corrected chi connectivity index (χ1v) is 30.3. The SMILES string of the molecule is CC/C=C\C/C=C\C/C=C\C/C=C\C/C=C\CCCCCCCCCCCC(=O)OCC(COC(=O)CCCCCCC/C=C\C/C=C\CCC)OC(=O)CCCCC/C=C\C/C=C\C/C=C\C/C=C\C/C=C\CC. The zero-order chi connectivity index (χ0) is 54.3. The number of esters is 3. The molecule has 1 atom stereocenters. The van der Waals surface area contributed by atoms with Crippen LogP contribution in [-0.2, 0) is 28.6 Å². The van der Waals surface area contributed by atoms with Gasteiger partial charge >= 0.3 is 17.9 Å². The lowest BCUT2D eigenvalue weighted by Gasteiger charge is -2.18. The minimum absolute atomic E-state index is 0.105. The Hall–Kier alpha value is -4.71. The van der Waals surface area contributed by atoms with Gasteiger partial charge in [-0.3, -0.25) is 14.4 Å². The molecule has 0 spiro atoms. The van der Waals surface area contributed by atoms with Crippen LogP contribution in [0.25, 0.3) is 0 Å². The highest BCUT2D eigenvalue weighted by Gasteiger charge is 2.19. The molecule has 6 heteroatoms.